The van der Waals surface area contributed by atoms with Crippen molar-refractivity contribution >= 4 is 17.7 Å². The molecule has 0 saturated carbocycles. The minimum absolute atomic E-state index is 0.0562. The molecule has 25 heavy (non-hydrogen) atoms. The van der Waals surface area contributed by atoms with Gasteiger partial charge in [-0.3, -0.25) is 4.79 Å². The second-order valence-electron chi connectivity index (χ2n) is 5.01. The highest BCUT2D eigenvalue weighted by Gasteiger charge is 2.11. The quantitative estimate of drug-likeness (QED) is 0.479. The molecule has 2 aromatic rings. The molecular weight excluding hydrogens is 320 g/mol. The van der Waals surface area contributed by atoms with E-state index in [1.54, 1.807) is 30.3 Å². The van der Waals surface area contributed by atoms with E-state index in [9.17, 15) is 15.2 Å². The van der Waals surface area contributed by atoms with Gasteiger partial charge in [-0.25, -0.2) is 0 Å². The van der Waals surface area contributed by atoms with Gasteiger partial charge >= 0.3 is 0 Å². The van der Waals surface area contributed by atoms with Crippen molar-refractivity contribution < 1.29 is 19.4 Å². The molecule has 1 amide bonds. The number of hydrogen-bond acceptors (Lipinski definition) is 5. The molecule has 128 valence electrons. The zero-order valence-corrected chi connectivity index (χ0v) is 13.9. The third-order valence-electron chi connectivity index (χ3n) is 3.29. The summed E-state index contributed by atoms with van der Waals surface area (Å²) in [5, 5.41) is 21.1. The second-order valence-corrected chi connectivity index (χ2v) is 5.01. The molecule has 0 fully saturated rings. The summed E-state index contributed by atoms with van der Waals surface area (Å²) in [6, 6.07) is 13.0. The average Bonchev–Trinajstić information content (AvgIpc) is 2.62. The number of amides is 1. The molecule has 0 aliphatic heterocycles. The molecule has 0 saturated heterocycles. The van der Waals surface area contributed by atoms with Crippen LogP contribution < -0.4 is 14.8 Å². The van der Waals surface area contributed by atoms with Gasteiger partial charge in [-0.05, 0) is 55.0 Å². The minimum atomic E-state index is -0.541. The van der Waals surface area contributed by atoms with Crippen molar-refractivity contribution in [2.24, 2.45) is 0 Å². The predicted molar refractivity (Wildman–Crippen MR) is 94.5 cm³/mol. The van der Waals surface area contributed by atoms with Crippen LogP contribution in [0, 0.1) is 11.3 Å². The Morgan fingerprint density at radius 2 is 1.96 bits per heavy atom. The highest BCUT2D eigenvalue weighted by Crippen LogP contribution is 2.29. The molecule has 2 N–H and O–H groups in total. The van der Waals surface area contributed by atoms with Gasteiger partial charge in [-0.1, -0.05) is 6.07 Å². The van der Waals surface area contributed by atoms with Crippen molar-refractivity contribution in [3.05, 3.63) is 53.6 Å². The number of carbonyl (C=O) groups is 1. The number of benzene rings is 2. The lowest BCUT2D eigenvalue weighted by atomic mass is 10.1. The van der Waals surface area contributed by atoms with Crippen LogP contribution in [0.4, 0.5) is 5.69 Å². The largest absolute Gasteiger partial charge is 0.508 e. The fourth-order valence-corrected chi connectivity index (χ4v) is 2.11. The summed E-state index contributed by atoms with van der Waals surface area (Å²) >= 11 is 0. The number of carbonyl (C=O) groups excluding carboxylic acids is 1. The first kappa shape index (κ1) is 17.9. The van der Waals surface area contributed by atoms with Crippen LogP contribution in [-0.2, 0) is 4.79 Å². The van der Waals surface area contributed by atoms with Gasteiger partial charge in [0.05, 0.1) is 13.7 Å². The monoisotopic (exact) mass is 338 g/mol. The number of methoxy groups -OCH3 is 1. The number of nitrogens with one attached hydrogen (secondary N) is 1. The first-order chi connectivity index (χ1) is 12.1. The normalized spacial score (nSPS) is 10.7. The molecule has 2 aromatic carbocycles. The zero-order valence-electron chi connectivity index (χ0n) is 13.9. The lowest BCUT2D eigenvalue weighted by Crippen LogP contribution is -2.13. The van der Waals surface area contributed by atoms with Gasteiger partial charge in [0, 0.05) is 5.69 Å². The summed E-state index contributed by atoms with van der Waals surface area (Å²) in [7, 11) is 1.52. The van der Waals surface area contributed by atoms with Crippen LogP contribution in [0.2, 0.25) is 0 Å². The molecule has 0 spiro atoms. The molecule has 0 atom stereocenters. The number of phenols is 1. The van der Waals surface area contributed by atoms with Crippen LogP contribution in [0.1, 0.15) is 12.5 Å². The van der Waals surface area contributed by atoms with E-state index < -0.39 is 5.91 Å². The molecular formula is C19H18N2O4. The summed E-state index contributed by atoms with van der Waals surface area (Å²) in [4.78, 5) is 12.2. The van der Waals surface area contributed by atoms with Crippen LogP contribution in [-0.4, -0.2) is 24.7 Å². The maximum Gasteiger partial charge on any atom is 0.266 e. The molecule has 6 heteroatoms. The average molecular weight is 338 g/mol. The number of nitrogens with zero attached hydrogens (tertiary/aromatic N) is 1. The van der Waals surface area contributed by atoms with E-state index in [1.807, 2.05) is 13.0 Å². The van der Waals surface area contributed by atoms with Crippen LogP contribution in [0.25, 0.3) is 6.08 Å². The molecule has 2 rings (SSSR count). The van der Waals surface area contributed by atoms with E-state index in [-0.39, 0.29) is 11.3 Å². The Kier molecular flexibility index (Phi) is 6.02. The predicted octanol–water partition coefficient (Wildman–Crippen LogP) is 3.35. The molecule has 0 radical (unpaired) electrons. The number of ether oxygens (including phenoxy) is 2. The molecule has 0 unspecified atom stereocenters. The number of nitriles is 1. The summed E-state index contributed by atoms with van der Waals surface area (Å²) in [6.45, 7) is 2.37. The number of rotatable bonds is 6. The minimum Gasteiger partial charge on any atom is -0.508 e. The van der Waals surface area contributed by atoms with E-state index in [0.29, 0.717) is 29.4 Å². The van der Waals surface area contributed by atoms with E-state index in [1.165, 1.54) is 25.3 Å². The van der Waals surface area contributed by atoms with Gasteiger partial charge < -0.3 is 19.9 Å². The third kappa shape index (κ3) is 4.75. The maximum absolute atomic E-state index is 12.2. The van der Waals surface area contributed by atoms with Gasteiger partial charge in [-0.2, -0.15) is 5.26 Å². The third-order valence-corrected chi connectivity index (χ3v) is 3.29. The van der Waals surface area contributed by atoms with Crippen molar-refractivity contribution in [3.63, 3.8) is 0 Å². The van der Waals surface area contributed by atoms with Gasteiger partial charge in [0.15, 0.2) is 11.5 Å². The molecule has 0 aliphatic carbocycles. The van der Waals surface area contributed by atoms with Gasteiger partial charge in [0.25, 0.3) is 5.91 Å². The van der Waals surface area contributed by atoms with Crippen LogP contribution in [0.5, 0.6) is 17.2 Å². The molecule has 0 aromatic heterocycles. The van der Waals surface area contributed by atoms with Gasteiger partial charge in [0.2, 0.25) is 0 Å². The van der Waals surface area contributed by atoms with Crippen LogP contribution >= 0.6 is 0 Å². The van der Waals surface area contributed by atoms with Crippen molar-refractivity contribution in [1.82, 2.24) is 0 Å². The lowest BCUT2D eigenvalue weighted by molar-refractivity contribution is -0.112. The second kappa shape index (κ2) is 8.41. The van der Waals surface area contributed by atoms with Crippen molar-refractivity contribution in [2.75, 3.05) is 19.0 Å². The Morgan fingerprint density at radius 1 is 1.24 bits per heavy atom. The first-order valence-corrected chi connectivity index (χ1v) is 7.60. The topological polar surface area (TPSA) is 91.6 Å². The SMILES string of the molecule is CCOc1ccc(C=C(C#N)C(=O)Nc2ccc(O)cc2)cc1OC. The first-order valence-electron chi connectivity index (χ1n) is 7.60. The van der Waals surface area contributed by atoms with Crippen molar-refractivity contribution in [1.29, 1.82) is 5.26 Å². The van der Waals surface area contributed by atoms with Crippen molar-refractivity contribution in [3.8, 4) is 23.3 Å². The standard InChI is InChI=1S/C19H18N2O4/c1-3-25-17-9-4-13(11-18(17)24-2)10-14(12-20)19(23)21-15-5-7-16(22)8-6-15/h4-11,22H,3H2,1-2H3,(H,21,23). The Balaban J connectivity index is 2.22. The van der Waals surface area contributed by atoms with Crippen molar-refractivity contribution in [2.45, 2.75) is 6.92 Å². The summed E-state index contributed by atoms with van der Waals surface area (Å²) in [5.74, 6) is 0.664. The fourth-order valence-electron chi connectivity index (χ4n) is 2.11. The maximum atomic E-state index is 12.2. The van der Waals surface area contributed by atoms with Gasteiger partial charge in [-0.15, -0.1) is 0 Å². The van der Waals surface area contributed by atoms with Crippen LogP contribution in [0.3, 0.4) is 0 Å². The Bertz CT molecular complexity index is 820. The van der Waals surface area contributed by atoms with E-state index in [2.05, 4.69) is 5.32 Å². The lowest BCUT2D eigenvalue weighted by Gasteiger charge is -2.10. The molecule has 0 aliphatic rings. The zero-order chi connectivity index (χ0) is 18.2. The van der Waals surface area contributed by atoms with E-state index in [0.717, 1.165) is 0 Å². The summed E-state index contributed by atoms with van der Waals surface area (Å²) < 4.78 is 10.7. The van der Waals surface area contributed by atoms with E-state index in [4.69, 9.17) is 9.47 Å². The molecule has 6 nitrogen and oxygen atoms in total. The van der Waals surface area contributed by atoms with Crippen LogP contribution in [0.15, 0.2) is 48.0 Å². The Hall–Kier alpha value is -3.46. The summed E-state index contributed by atoms with van der Waals surface area (Å²) in [6.07, 6.45) is 1.47. The summed E-state index contributed by atoms with van der Waals surface area (Å²) in [5.41, 5.74) is 1.06. The fraction of sp³-hybridized carbons (Fsp3) is 0.158. The number of phenolic OH excluding ortho intramolecular Hbond substituents is 1. The van der Waals surface area contributed by atoms with E-state index >= 15 is 0 Å². The number of anilines is 1. The van der Waals surface area contributed by atoms with Gasteiger partial charge in [0.1, 0.15) is 17.4 Å². The Labute approximate surface area is 145 Å². The highest BCUT2D eigenvalue weighted by atomic mass is 16.5. The molecule has 0 bridgehead atoms. The smallest absolute Gasteiger partial charge is 0.266 e. The Morgan fingerprint density at radius 3 is 2.56 bits per heavy atom. The number of hydrogen-bond donors (Lipinski definition) is 2. The number of aromatic hydroxyl groups is 1. The molecule has 0 heterocycles. The highest BCUT2D eigenvalue weighted by molar-refractivity contribution is 6.09.